The van der Waals surface area contributed by atoms with E-state index in [4.69, 9.17) is 0 Å². The van der Waals surface area contributed by atoms with Gasteiger partial charge in [-0.3, -0.25) is 4.79 Å². The van der Waals surface area contributed by atoms with E-state index in [1.54, 1.807) is 23.5 Å². The quantitative estimate of drug-likeness (QED) is 0.925. The number of aryl methyl sites for hydroxylation is 1. The molecule has 0 aliphatic rings. The second kappa shape index (κ2) is 6.25. The zero-order chi connectivity index (χ0) is 13.8. The van der Waals surface area contributed by atoms with Crippen LogP contribution >= 0.6 is 27.3 Å². The predicted molar refractivity (Wildman–Crippen MR) is 77.0 cm³/mol. The predicted octanol–water partition coefficient (Wildman–Crippen LogP) is 3.33. The number of nitrogens with zero attached hydrogens (tertiary/aromatic N) is 1. The number of hydrogen-bond acceptors (Lipinski definition) is 3. The van der Waals surface area contributed by atoms with Crippen molar-refractivity contribution < 1.29 is 9.18 Å². The summed E-state index contributed by atoms with van der Waals surface area (Å²) in [7, 11) is 0. The van der Waals surface area contributed by atoms with Crippen LogP contribution in [0.1, 0.15) is 21.1 Å². The molecule has 0 aliphatic heterocycles. The van der Waals surface area contributed by atoms with Crippen LogP contribution in [0.4, 0.5) is 4.39 Å². The smallest absolute Gasteiger partial charge is 0.255 e. The molecule has 0 saturated heterocycles. The van der Waals surface area contributed by atoms with Gasteiger partial charge in [0.25, 0.3) is 5.91 Å². The molecule has 1 aromatic heterocycles. The fourth-order valence-corrected chi connectivity index (χ4v) is 2.90. The standard InChI is InChI=1S/C13H12BrFN2OS/c1-8-7-19-11(17-8)5-6-16-13(18)12-9(14)3-2-4-10(12)15/h2-4,7H,5-6H2,1H3,(H,16,18). The van der Waals surface area contributed by atoms with Gasteiger partial charge >= 0.3 is 0 Å². The van der Waals surface area contributed by atoms with Crippen molar-refractivity contribution in [3.05, 3.63) is 50.1 Å². The first-order valence-electron chi connectivity index (χ1n) is 5.71. The van der Waals surface area contributed by atoms with Gasteiger partial charge in [0.15, 0.2) is 0 Å². The Morgan fingerprint density at radius 3 is 2.95 bits per heavy atom. The highest BCUT2D eigenvalue weighted by Crippen LogP contribution is 2.19. The molecule has 3 nitrogen and oxygen atoms in total. The molecule has 1 aromatic carbocycles. The van der Waals surface area contributed by atoms with Crippen LogP contribution in [-0.4, -0.2) is 17.4 Å². The fourth-order valence-electron chi connectivity index (χ4n) is 1.60. The molecule has 0 aliphatic carbocycles. The SMILES string of the molecule is Cc1csc(CCNC(=O)c2c(F)cccc2Br)n1. The molecule has 0 atom stereocenters. The first-order chi connectivity index (χ1) is 9.08. The number of amides is 1. The van der Waals surface area contributed by atoms with E-state index in [-0.39, 0.29) is 5.56 Å². The molecule has 0 radical (unpaired) electrons. The van der Waals surface area contributed by atoms with Crippen molar-refractivity contribution in [3.8, 4) is 0 Å². The van der Waals surface area contributed by atoms with Crippen molar-refractivity contribution in [2.45, 2.75) is 13.3 Å². The van der Waals surface area contributed by atoms with Crippen LogP contribution in [0.3, 0.4) is 0 Å². The van der Waals surface area contributed by atoms with Crippen LogP contribution in [0.25, 0.3) is 0 Å². The number of rotatable bonds is 4. The minimum absolute atomic E-state index is 0.0396. The lowest BCUT2D eigenvalue weighted by Gasteiger charge is -2.06. The maximum atomic E-state index is 13.6. The number of hydrogen-bond donors (Lipinski definition) is 1. The van der Waals surface area contributed by atoms with E-state index in [2.05, 4.69) is 26.2 Å². The van der Waals surface area contributed by atoms with E-state index in [1.165, 1.54) is 6.07 Å². The highest BCUT2D eigenvalue weighted by molar-refractivity contribution is 9.10. The minimum Gasteiger partial charge on any atom is -0.351 e. The van der Waals surface area contributed by atoms with Gasteiger partial charge in [0.1, 0.15) is 5.82 Å². The second-order valence-electron chi connectivity index (χ2n) is 3.99. The van der Waals surface area contributed by atoms with Crippen molar-refractivity contribution in [1.29, 1.82) is 0 Å². The van der Waals surface area contributed by atoms with E-state index >= 15 is 0 Å². The van der Waals surface area contributed by atoms with Gasteiger partial charge in [-0.2, -0.15) is 0 Å². The number of carbonyl (C=O) groups excluding carboxylic acids is 1. The number of halogens is 2. The number of carbonyl (C=O) groups is 1. The van der Waals surface area contributed by atoms with Crippen molar-refractivity contribution in [2.24, 2.45) is 0 Å². The summed E-state index contributed by atoms with van der Waals surface area (Å²) in [6, 6.07) is 4.46. The van der Waals surface area contributed by atoms with Gasteiger partial charge in [-0.1, -0.05) is 6.07 Å². The van der Waals surface area contributed by atoms with Gasteiger partial charge in [0.2, 0.25) is 0 Å². The Morgan fingerprint density at radius 2 is 2.32 bits per heavy atom. The molecule has 0 saturated carbocycles. The van der Waals surface area contributed by atoms with Crippen molar-refractivity contribution >= 4 is 33.2 Å². The molecule has 0 spiro atoms. The molecule has 2 rings (SSSR count). The lowest BCUT2D eigenvalue weighted by Crippen LogP contribution is -2.26. The lowest BCUT2D eigenvalue weighted by atomic mass is 10.2. The van der Waals surface area contributed by atoms with Gasteiger partial charge in [-0.05, 0) is 35.0 Å². The average Bonchev–Trinajstić information content (AvgIpc) is 2.75. The molecule has 0 fully saturated rings. The zero-order valence-corrected chi connectivity index (χ0v) is 12.6. The lowest BCUT2D eigenvalue weighted by molar-refractivity contribution is 0.0949. The van der Waals surface area contributed by atoms with E-state index in [1.807, 2.05) is 12.3 Å². The van der Waals surface area contributed by atoms with E-state index in [9.17, 15) is 9.18 Å². The van der Waals surface area contributed by atoms with Crippen LogP contribution in [0.2, 0.25) is 0 Å². The molecule has 0 bridgehead atoms. The van der Waals surface area contributed by atoms with Crippen LogP contribution in [-0.2, 0) is 6.42 Å². The first kappa shape index (κ1) is 14.1. The highest BCUT2D eigenvalue weighted by atomic mass is 79.9. The van der Waals surface area contributed by atoms with Crippen LogP contribution < -0.4 is 5.32 Å². The number of nitrogens with one attached hydrogen (secondary N) is 1. The summed E-state index contributed by atoms with van der Waals surface area (Å²) in [4.78, 5) is 16.2. The summed E-state index contributed by atoms with van der Waals surface area (Å²) in [5.74, 6) is -0.949. The highest BCUT2D eigenvalue weighted by Gasteiger charge is 2.14. The summed E-state index contributed by atoms with van der Waals surface area (Å²) in [6.07, 6.45) is 0.649. The Labute approximate surface area is 123 Å². The third-order valence-corrected chi connectivity index (χ3v) is 4.17. The topological polar surface area (TPSA) is 42.0 Å². The van der Waals surface area contributed by atoms with Crippen LogP contribution in [0.5, 0.6) is 0 Å². The van der Waals surface area contributed by atoms with Gasteiger partial charge in [-0.25, -0.2) is 9.37 Å². The molecule has 1 heterocycles. The Bertz CT molecular complexity index is 580. The van der Waals surface area contributed by atoms with Crippen molar-refractivity contribution in [3.63, 3.8) is 0 Å². The third kappa shape index (κ3) is 3.61. The van der Waals surface area contributed by atoms with E-state index in [0.29, 0.717) is 17.4 Å². The molecular formula is C13H12BrFN2OS. The second-order valence-corrected chi connectivity index (χ2v) is 5.78. The Hall–Kier alpha value is -1.27. The van der Waals surface area contributed by atoms with E-state index < -0.39 is 11.7 Å². The fraction of sp³-hybridized carbons (Fsp3) is 0.231. The maximum absolute atomic E-state index is 13.6. The van der Waals surface area contributed by atoms with Gasteiger partial charge < -0.3 is 5.32 Å². The largest absolute Gasteiger partial charge is 0.351 e. The molecule has 1 N–H and O–H groups in total. The Morgan fingerprint density at radius 1 is 1.53 bits per heavy atom. The van der Waals surface area contributed by atoms with Gasteiger partial charge in [0, 0.05) is 28.5 Å². The molecule has 19 heavy (non-hydrogen) atoms. The summed E-state index contributed by atoms with van der Waals surface area (Å²) in [5, 5.41) is 5.62. The molecule has 2 aromatic rings. The van der Waals surface area contributed by atoms with Crippen LogP contribution in [0, 0.1) is 12.7 Å². The van der Waals surface area contributed by atoms with Crippen LogP contribution in [0.15, 0.2) is 28.1 Å². The van der Waals surface area contributed by atoms with Crippen molar-refractivity contribution in [1.82, 2.24) is 10.3 Å². The Balaban J connectivity index is 1.94. The molecular weight excluding hydrogens is 331 g/mol. The minimum atomic E-state index is -0.531. The summed E-state index contributed by atoms with van der Waals surface area (Å²) >= 11 is 4.73. The average molecular weight is 343 g/mol. The van der Waals surface area contributed by atoms with E-state index in [0.717, 1.165) is 10.7 Å². The number of aromatic nitrogens is 1. The third-order valence-electron chi connectivity index (χ3n) is 2.48. The molecule has 100 valence electrons. The summed E-state index contributed by atoms with van der Waals surface area (Å²) in [6.45, 7) is 2.36. The first-order valence-corrected chi connectivity index (χ1v) is 7.38. The zero-order valence-electron chi connectivity index (χ0n) is 10.2. The number of thiazole rings is 1. The van der Waals surface area contributed by atoms with Gasteiger partial charge in [0.05, 0.1) is 10.6 Å². The maximum Gasteiger partial charge on any atom is 0.255 e. The monoisotopic (exact) mass is 342 g/mol. The van der Waals surface area contributed by atoms with Crippen molar-refractivity contribution in [2.75, 3.05) is 6.54 Å². The Kier molecular flexibility index (Phi) is 4.66. The number of benzene rings is 1. The normalized spacial score (nSPS) is 10.5. The molecule has 1 amide bonds. The van der Waals surface area contributed by atoms with Gasteiger partial charge in [-0.15, -0.1) is 11.3 Å². The summed E-state index contributed by atoms with van der Waals surface area (Å²) in [5.41, 5.74) is 1.01. The summed E-state index contributed by atoms with van der Waals surface area (Å²) < 4.78 is 14.0. The molecule has 6 heteroatoms. The molecule has 0 unspecified atom stereocenters.